The second-order valence-corrected chi connectivity index (χ2v) is 5.61. The summed E-state index contributed by atoms with van der Waals surface area (Å²) in [7, 11) is 4.05. The average molecular weight is 270 g/mol. The molecule has 1 fully saturated rings. The van der Waals surface area contributed by atoms with Gasteiger partial charge in [-0.05, 0) is 39.4 Å². The Morgan fingerprint density at radius 1 is 1.42 bits per heavy atom. The van der Waals surface area contributed by atoms with Crippen LogP contribution in [0.5, 0.6) is 0 Å². The van der Waals surface area contributed by atoms with Crippen LogP contribution in [0.2, 0.25) is 0 Å². The van der Waals surface area contributed by atoms with Gasteiger partial charge in [-0.15, -0.1) is 0 Å². The van der Waals surface area contributed by atoms with Crippen LogP contribution in [0.4, 0.5) is 0 Å². The summed E-state index contributed by atoms with van der Waals surface area (Å²) in [6.07, 6.45) is 3.12. The summed E-state index contributed by atoms with van der Waals surface area (Å²) in [4.78, 5) is 18.7. The third-order valence-electron chi connectivity index (χ3n) is 3.96. The first-order valence-electron chi connectivity index (χ1n) is 7.45. The molecule has 1 heterocycles. The van der Waals surface area contributed by atoms with Crippen LogP contribution in [0.1, 0.15) is 26.2 Å². The lowest BCUT2D eigenvalue weighted by Gasteiger charge is -2.31. The van der Waals surface area contributed by atoms with Crippen molar-refractivity contribution in [3.05, 3.63) is 0 Å². The van der Waals surface area contributed by atoms with Crippen molar-refractivity contribution in [3.63, 3.8) is 0 Å². The molecule has 1 aliphatic rings. The van der Waals surface area contributed by atoms with Crippen molar-refractivity contribution in [1.29, 1.82) is 0 Å². The first-order chi connectivity index (χ1) is 9.08. The van der Waals surface area contributed by atoms with E-state index in [4.69, 9.17) is 5.73 Å². The Hall–Kier alpha value is -0.650. The van der Waals surface area contributed by atoms with E-state index in [2.05, 4.69) is 23.8 Å². The van der Waals surface area contributed by atoms with E-state index in [0.29, 0.717) is 19.1 Å². The van der Waals surface area contributed by atoms with Crippen LogP contribution >= 0.6 is 0 Å². The molecular formula is C14H30N4O. The lowest BCUT2D eigenvalue weighted by molar-refractivity contribution is -0.131. The van der Waals surface area contributed by atoms with Crippen molar-refractivity contribution in [2.24, 2.45) is 5.73 Å². The van der Waals surface area contributed by atoms with Gasteiger partial charge in [-0.3, -0.25) is 9.69 Å². The van der Waals surface area contributed by atoms with Crippen LogP contribution in [0, 0.1) is 0 Å². The van der Waals surface area contributed by atoms with E-state index >= 15 is 0 Å². The molecule has 0 aromatic heterocycles. The van der Waals surface area contributed by atoms with E-state index in [1.54, 1.807) is 0 Å². The number of carbonyl (C=O) groups excluding carboxylic acids is 1. The Morgan fingerprint density at radius 3 is 2.79 bits per heavy atom. The lowest BCUT2D eigenvalue weighted by atomic mass is 10.2. The fourth-order valence-electron chi connectivity index (χ4n) is 2.64. The third-order valence-corrected chi connectivity index (χ3v) is 3.96. The topological polar surface area (TPSA) is 52.8 Å². The number of hydrogen-bond donors (Lipinski definition) is 1. The number of likely N-dealkylation sites (N-methyl/N-ethyl adjacent to an activating group) is 2. The quantitative estimate of drug-likeness (QED) is 0.750. The summed E-state index contributed by atoms with van der Waals surface area (Å²) in [5, 5.41) is 0. The molecule has 0 radical (unpaired) electrons. The predicted molar refractivity (Wildman–Crippen MR) is 79.1 cm³/mol. The van der Waals surface area contributed by atoms with Gasteiger partial charge in [0, 0.05) is 32.7 Å². The maximum Gasteiger partial charge on any atom is 0.236 e. The third kappa shape index (κ3) is 5.47. The Kier molecular flexibility index (Phi) is 7.34. The molecule has 1 aliphatic heterocycles. The summed E-state index contributed by atoms with van der Waals surface area (Å²) in [6.45, 7) is 7.39. The van der Waals surface area contributed by atoms with Gasteiger partial charge in [0.05, 0.1) is 6.54 Å². The molecule has 0 spiro atoms. The average Bonchev–Trinajstić information content (AvgIpc) is 2.57. The van der Waals surface area contributed by atoms with E-state index in [1.807, 2.05) is 11.9 Å². The Bertz CT molecular complexity index is 272. The van der Waals surface area contributed by atoms with Crippen LogP contribution in [0.25, 0.3) is 0 Å². The fourth-order valence-corrected chi connectivity index (χ4v) is 2.64. The van der Waals surface area contributed by atoms with Crippen LogP contribution in [0.15, 0.2) is 0 Å². The minimum atomic E-state index is 0.219. The predicted octanol–water partition coefficient (Wildman–Crippen LogP) is 0.210. The molecule has 5 nitrogen and oxygen atoms in total. The first-order valence-corrected chi connectivity index (χ1v) is 7.45. The molecule has 1 saturated heterocycles. The van der Waals surface area contributed by atoms with Gasteiger partial charge in [-0.2, -0.15) is 0 Å². The SMILES string of the molecule is CCC1CN(C)CCCN1CC(=O)N(C)CCCN. The van der Waals surface area contributed by atoms with Crippen molar-refractivity contribution in [1.82, 2.24) is 14.7 Å². The van der Waals surface area contributed by atoms with E-state index in [-0.39, 0.29) is 5.91 Å². The molecule has 2 N–H and O–H groups in total. The second kappa shape index (κ2) is 8.51. The summed E-state index contributed by atoms with van der Waals surface area (Å²) in [6, 6.07) is 0.499. The van der Waals surface area contributed by atoms with Crippen LogP contribution in [-0.4, -0.2) is 80.0 Å². The maximum atomic E-state index is 12.2. The minimum absolute atomic E-state index is 0.219. The van der Waals surface area contributed by atoms with Crippen LogP contribution < -0.4 is 5.73 Å². The monoisotopic (exact) mass is 270 g/mol. The molecule has 0 aromatic rings. The highest BCUT2D eigenvalue weighted by atomic mass is 16.2. The fraction of sp³-hybridized carbons (Fsp3) is 0.929. The number of nitrogens with two attached hydrogens (primary N) is 1. The highest BCUT2D eigenvalue weighted by molar-refractivity contribution is 5.78. The molecule has 5 heteroatoms. The number of nitrogens with zero attached hydrogens (tertiary/aromatic N) is 3. The van der Waals surface area contributed by atoms with Gasteiger partial charge in [0.2, 0.25) is 5.91 Å². The van der Waals surface area contributed by atoms with Gasteiger partial charge in [0.1, 0.15) is 0 Å². The minimum Gasteiger partial charge on any atom is -0.345 e. The van der Waals surface area contributed by atoms with Crippen molar-refractivity contribution in [2.45, 2.75) is 32.2 Å². The molecular weight excluding hydrogens is 240 g/mol. The van der Waals surface area contributed by atoms with Crippen LogP contribution in [0.3, 0.4) is 0 Å². The van der Waals surface area contributed by atoms with Gasteiger partial charge in [-0.25, -0.2) is 0 Å². The standard InChI is InChI=1S/C14H30N4O/c1-4-13-11-16(2)8-6-10-18(13)12-14(19)17(3)9-5-7-15/h13H,4-12,15H2,1-3H3. The summed E-state index contributed by atoms with van der Waals surface area (Å²) in [5.41, 5.74) is 5.49. The zero-order chi connectivity index (χ0) is 14.3. The van der Waals surface area contributed by atoms with Crippen molar-refractivity contribution in [2.75, 3.05) is 53.4 Å². The summed E-state index contributed by atoms with van der Waals surface area (Å²) < 4.78 is 0. The second-order valence-electron chi connectivity index (χ2n) is 5.61. The Labute approximate surface area is 117 Å². The normalized spacial score (nSPS) is 22.2. The highest BCUT2D eigenvalue weighted by Gasteiger charge is 2.24. The number of carbonyl (C=O) groups is 1. The molecule has 112 valence electrons. The van der Waals surface area contributed by atoms with E-state index in [1.165, 1.54) is 0 Å². The molecule has 1 amide bonds. The molecule has 0 aromatic carbocycles. The van der Waals surface area contributed by atoms with E-state index in [0.717, 1.165) is 45.4 Å². The molecule has 1 atom stereocenters. The Balaban J connectivity index is 2.50. The summed E-state index contributed by atoms with van der Waals surface area (Å²) in [5.74, 6) is 0.219. The zero-order valence-corrected chi connectivity index (χ0v) is 12.8. The largest absolute Gasteiger partial charge is 0.345 e. The van der Waals surface area contributed by atoms with Crippen molar-refractivity contribution < 1.29 is 4.79 Å². The number of hydrogen-bond acceptors (Lipinski definition) is 4. The van der Waals surface area contributed by atoms with E-state index in [9.17, 15) is 4.79 Å². The zero-order valence-electron chi connectivity index (χ0n) is 12.8. The van der Waals surface area contributed by atoms with Gasteiger partial charge in [0.15, 0.2) is 0 Å². The van der Waals surface area contributed by atoms with Gasteiger partial charge in [0.25, 0.3) is 0 Å². The highest BCUT2D eigenvalue weighted by Crippen LogP contribution is 2.12. The van der Waals surface area contributed by atoms with Gasteiger partial charge < -0.3 is 15.5 Å². The smallest absolute Gasteiger partial charge is 0.236 e. The molecule has 0 saturated carbocycles. The Morgan fingerprint density at radius 2 is 2.16 bits per heavy atom. The molecule has 0 aliphatic carbocycles. The van der Waals surface area contributed by atoms with Gasteiger partial charge >= 0.3 is 0 Å². The van der Waals surface area contributed by atoms with Crippen molar-refractivity contribution >= 4 is 5.91 Å². The van der Waals surface area contributed by atoms with E-state index < -0.39 is 0 Å². The number of amides is 1. The lowest BCUT2D eigenvalue weighted by Crippen LogP contribution is -2.46. The summed E-state index contributed by atoms with van der Waals surface area (Å²) >= 11 is 0. The van der Waals surface area contributed by atoms with Crippen molar-refractivity contribution in [3.8, 4) is 0 Å². The molecule has 19 heavy (non-hydrogen) atoms. The number of rotatable bonds is 6. The molecule has 1 unspecified atom stereocenters. The molecule has 1 rings (SSSR count). The maximum absolute atomic E-state index is 12.2. The van der Waals surface area contributed by atoms with Gasteiger partial charge in [-0.1, -0.05) is 6.92 Å². The van der Waals surface area contributed by atoms with Crippen LogP contribution in [-0.2, 0) is 4.79 Å². The molecule has 0 bridgehead atoms. The first kappa shape index (κ1) is 16.4.